The molecule has 0 aromatic carbocycles. The van der Waals surface area contributed by atoms with E-state index in [-0.39, 0.29) is 5.41 Å². The number of aromatic nitrogens is 3. The van der Waals surface area contributed by atoms with Gasteiger partial charge in [-0.25, -0.2) is 15.0 Å². The topological polar surface area (TPSA) is 60.4 Å². The fourth-order valence-electron chi connectivity index (χ4n) is 3.29. The largest absolute Gasteiger partial charge is 0.477 e. The maximum Gasteiger partial charge on any atom is 0.225 e. The van der Waals surface area contributed by atoms with Crippen LogP contribution in [0.5, 0.6) is 5.88 Å². The van der Waals surface area contributed by atoms with Crippen molar-refractivity contribution < 1.29 is 9.47 Å². The van der Waals surface area contributed by atoms with Gasteiger partial charge >= 0.3 is 0 Å². The van der Waals surface area contributed by atoms with Crippen LogP contribution in [-0.2, 0) is 4.74 Å². The van der Waals surface area contributed by atoms with E-state index in [1.807, 2.05) is 24.3 Å². The summed E-state index contributed by atoms with van der Waals surface area (Å²) in [4.78, 5) is 15.2. The summed E-state index contributed by atoms with van der Waals surface area (Å²) in [5.41, 5.74) is -0.00325. The Morgan fingerprint density at radius 2 is 2.05 bits per heavy atom. The second-order valence-corrected chi connectivity index (χ2v) is 5.96. The zero-order valence-electron chi connectivity index (χ0n) is 12.3. The molecule has 2 aromatic heterocycles. The molecule has 2 aromatic rings. The zero-order chi connectivity index (χ0) is 14.8. The molecular weight excluding hydrogens is 280 g/mol. The molecule has 0 amide bonds. The lowest BCUT2D eigenvalue weighted by Gasteiger charge is -2.26. The quantitative estimate of drug-likeness (QED) is 0.850. The van der Waals surface area contributed by atoms with Crippen molar-refractivity contribution in [2.75, 3.05) is 37.8 Å². The molecule has 6 nitrogen and oxygen atoms in total. The maximum absolute atomic E-state index is 5.92. The van der Waals surface area contributed by atoms with Crippen molar-refractivity contribution in [3.63, 3.8) is 0 Å². The predicted molar refractivity (Wildman–Crippen MR) is 80.7 cm³/mol. The molecule has 0 saturated carbocycles. The Morgan fingerprint density at radius 1 is 1.18 bits per heavy atom. The van der Waals surface area contributed by atoms with Crippen LogP contribution in [0.15, 0.2) is 42.9 Å². The Balaban J connectivity index is 1.50. The Labute approximate surface area is 129 Å². The third-order valence-electron chi connectivity index (χ3n) is 4.50. The van der Waals surface area contributed by atoms with Crippen LogP contribution in [0.3, 0.4) is 0 Å². The predicted octanol–water partition coefficient (Wildman–Crippen LogP) is 1.40. The second-order valence-electron chi connectivity index (χ2n) is 5.96. The van der Waals surface area contributed by atoms with Gasteiger partial charge in [0.25, 0.3) is 0 Å². The smallest absolute Gasteiger partial charge is 0.225 e. The first-order chi connectivity index (χ1) is 10.9. The minimum atomic E-state index is -0.00325. The molecule has 0 unspecified atom stereocenters. The molecule has 0 radical (unpaired) electrons. The Morgan fingerprint density at radius 3 is 2.86 bits per heavy atom. The van der Waals surface area contributed by atoms with E-state index >= 15 is 0 Å². The van der Waals surface area contributed by atoms with Gasteiger partial charge < -0.3 is 14.4 Å². The summed E-state index contributed by atoms with van der Waals surface area (Å²) in [6.45, 7) is 3.87. The summed E-state index contributed by atoms with van der Waals surface area (Å²) in [5, 5.41) is 0. The van der Waals surface area contributed by atoms with E-state index in [4.69, 9.17) is 9.47 Å². The second kappa shape index (κ2) is 5.53. The van der Waals surface area contributed by atoms with Gasteiger partial charge in [-0.1, -0.05) is 6.07 Å². The molecule has 2 aliphatic heterocycles. The van der Waals surface area contributed by atoms with E-state index in [9.17, 15) is 0 Å². The lowest BCUT2D eigenvalue weighted by Crippen LogP contribution is -2.37. The highest BCUT2D eigenvalue weighted by Gasteiger charge is 2.52. The highest BCUT2D eigenvalue weighted by molar-refractivity contribution is 5.33. The van der Waals surface area contributed by atoms with Crippen LogP contribution in [0, 0.1) is 11.3 Å². The van der Waals surface area contributed by atoms with E-state index in [2.05, 4.69) is 19.9 Å². The molecular formula is C16H18N4O2. The lowest BCUT2D eigenvalue weighted by atomic mass is 9.82. The van der Waals surface area contributed by atoms with Gasteiger partial charge in [0.05, 0.1) is 25.2 Å². The monoisotopic (exact) mass is 298 g/mol. The van der Waals surface area contributed by atoms with Crippen molar-refractivity contribution >= 4 is 5.95 Å². The zero-order valence-corrected chi connectivity index (χ0v) is 12.3. The molecule has 0 spiro atoms. The van der Waals surface area contributed by atoms with Crippen LogP contribution >= 0.6 is 0 Å². The fourth-order valence-corrected chi connectivity index (χ4v) is 3.29. The normalized spacial score (nSPS) is 26.9. The number of rotatable bonds is 4. The molecule has 2 atom stereocenters. The Hall–Kier alpha value is -2.21. The standard InChI is InChI=1S/C16H18N4O2/c1-2-5-17-14(4-1)22-12-16-10-20(8-13(16)9-21-11-16)15-18-6-3-7-19-15/h1-7,13H,8-12H2/t13-,16+/m0/s1. The van der Waals surface area contributed by atoms with Crippen molar-refractivity contribution in [1.29, 1.82) is 0 Å². The van der Waals surface area contributed by atoms with Crippen LogP contribution in [0.4, 0.5) is 5.95 Å². The molecule has 2 saturated heterocycles. The Kier molecular flexibility index (Phi) is 3.38. The third-order valence-corrected chi connectivity index (χ3v) is 4.50. The third kappa shape index (κ3) is 2.39. The van der Waals surface area contributed by atoms with Gasteiger partial charge in [-0.3, -0.25) is 0 Å². The van der Waals surface area contributed by atoms with Crippen molar-refractivity contribution in [2.45, 2.75) is 0 Å². The number of anilines is 1. The van der Waals surface area contributed by atoms with E-state index < -0.39 is 0 Å². The molecule has 2 aliphatic rings. The van der Waals surface area contributed by atoms with Crippen LogP contribution in [0.25, 0.3) is 0 Å². The molecule has 4 heterocycles. The molecule has 0 bridgehead atoms. The van der Waals surface area contributed by atoms with Crippen molar-refractivity contribution in [1.82, 2.24) is 15.0 Å². The van der Waals surface area contributed by atoms with E-state index in [1.165, 1.54) is 0 Å². The van der Waals surface area contributed by atoms with Crippen molar-refractivity contribution in [3.05, 3.63) is 42.9 Å². The van der Waals surface area contributed by atoms with Gasteiger partial charge in [-0.05, 0) is 12.1 Å². The number of hydrogen-bond acceptors (Lipinski definition) is 6. The minimum Gasteiger partial charge on any atom is -0.477 e. The molecule has 6 heteroatoms. The molecule has 2 fully saturated rings. The average molecular weight is 298 g/mol. The fraction of sp³-hybridized carbons (Fsp3) is 0.438. The first kappa shape index (κ1) is 13.5. The van der Waals surface area contributed by atoms with Crippen LogP contribution in [0.1, 0.15) is 0 Å². The highest BCUT2D eigenvalue weighted by atomic mass is 16.5. The SMILES string of the molecule is c1ccc(OC[C@@]23COC[C@@H]2CN(c2ncccn2)C3)nc1. The maximum atomic E-state index is 5.92. The molecule has 22 heavy (non-hydrogen) atoms. The Bertz CT molecular complexity index is 625. The number of ether oxygens (including phenoxy) is 2. The van der Waals surface area contributed by atoms with Gasteiger partial charge in [0, 0.05) is 43.7 Å². The van der Waals surface area contributed by atoms with Gasteiger partial charge in [-0.2, -0.15) is 0 Å². The van der Waals surface area contributed by atoms with Gasteiger partial charge in [-0.15, -0.1) is 0 Å². The highest BCUT2D eigenvalue weighted by Crippen LogP contribution is 2.42. The molecule has 114 valence electrons. The molecule has 0 N–H and O–H groups in total. The number of hydrogen-bond donors (Lipinski definition) is 0. The van der Waals surface area contributed by atoms with Crippen LogP contribution in [0.2, 0.25) is 0 Å². The van der Waals surface area contributed by atoms with Crippen LogP contribution in [-0.4, -0.2) is 47.9 Å². The first-order valence-corrected chi connectivity index (χ1v) is 7.49. The van der Waals surface area contributed by atoms with Crippen LogP contribution < -0.4 is 9.64 Å². The van der Waals surface area contributed by atoms with E-state index in [1.54, 1.807) is 18.6 Å². The lowest BCUT2D eigenvalue weighted by molar-refractivity contribution is 0.108. The summed E-state index contributed by atoms with van der Waals surface area (Å²) in [7, 11) is 0. The van der Waals surface area contributed by atoms with Gasteiger partial charge in [0.15, 0.2) is 0 Å². The van der Waals surface area contributed by atoms with Crippen molar-refractivity contribution in [2.24, 2.45) is 11.3 Å². The summed E-state index contributed by atoms with van der Waals surface area (Å²) in [5.74, 6) is 1.89. The first-order valence-electron chi connectivity index (χ1n) is 7.49. The van der Waals surface area contributed by atoms with Gasteiger partial charge in [0.2, 0.25) is 11.8 Å². The number of nitrogens with zero attached hydrogens (tertiary/aromatic N) is 4. The van der Waals surface area contributed by atoms with Gasteiger partial charge in [0.1, 0.15) is 0 Å². The summed E-state index contributed by atoms with van der Waals surface area (Å²) < 4.78 is 11.6. The minimum absolute atomic E-state index is 0.00325. The number of fused-ring (bicyclic) bond motifs is 1. The summed E-state index contributed by atoms with van der Waals surface area (Å²) in [6.07, 6.45) is 5.31. The summed E-state index contributed by atoms with van der Waals surface area (Å²) >= 11 is 0. The average Bonchev–Trinajstić information content (AvgIpc) is 3.12. The van der Waals surface area contributed by atoms with E-state index in [0.29, 0.717) is 25.0 Å². The van der Waals surface area contributed by atoms with E-state index in [0.717, 1.165) is 25.6 Å². The molecule has 0 aliphatic carbocycles. The molecule has 4 rings (SSSR count). The number of pyridine rings is 1. The summed E-state index contributed by atoms with van der Waals surface area (Å²) in [6, 6.07) is 7.54. The van der Waals surface area contributed by atoms with Crippen molar-refractivity contribution in [3.8, 4) is 5.88 Å².